The lowest BCUT2D eigenvalue weighted by Crippen LogP contribution is -2.16. The second kappa shape index (κ2) is 3.80. The van der Waals surface area contributed by atoms with Crippen molar-refractivity contribution in [3.05, 3.63) is 23.8 Å². The van der Waals surface area contributed by atoms with Gasteiger partial charge in [-0.05, 0) is 24.6 Å². The molecule has 1 amide bonds. The normalized spacial score (nSPS) is 9.38. The fraction of sp³-hybridized carbons (Fsp3) is 0.222. The highest BCUT2D eigenvalue weighted by Gasteiger charge is 2.06. The van der Waals surface area contributed by atoms with E-state index in [1.165, 1.54) is 7.11 Å². The average Bonchev–Trinajstić information content (AvgIpc) is 2.07. The minimum atomic E-state index is -0.845. The van der Waals surface area contributed by atoms with Gasteiger partial charge in [-0.1, -0.05) is 6.07 Å². The quantitative estimate of drug-likeness (QED) is 0.751. The van der Waals surface area contributed by atoms with Crippen molar-refractivity contribution >= 4 is 6.09 Å². The Kier molecular flexibility index (Phi) is 2.74. The maximum atomic E-state index is 10.5. The average molecular weight is 181 g/mol. The predicted molar refractivity (Wildman–Crippen MR) is 47.9 cm³/mol. The van der Waals surface area contributed by atoms with Crippen LogP contribution in [0.3, 0.4) is 0 Å². The minimum Gasteiger partial charge on any atom is -0.493 e. The van der Waals surface area contributed by atoms with Gasteiger partial charge in [-0.2, -0.15) is 0 Å². The molecule has 0 aromatic heterocycles. The van der Waals surface area contributed by atoms with Crippen LogP contribution in [-0.4, -0.2) is 13.2 Å². The van der Waals surface area contributed by atoms with E-state index in [9.17, 15) is 4.79 Å². The summed E-state index contributed by atoms with van der Waals surface area (Å²) in [5, 5.41) is 0. The van der Waals surface area contributed by atoms with E-state index in [1.807, 2.05) is 6.92 Å². The van der Waals surface area contributed by atoms with E-state index in [2.05, 4.69) is 0 Å². The molecule has 0 aliphatic heterocycles. The highest BCUT2D eigenvalue weighted by molar-refractivity contribution is 5.69. The van der Waals surface area contributed by atoms with Gasteiger partial charge < -0.3 is 15.2 Å². The molecule has 0 fully saturated rings. The monoisotopic (exact) mass is 181 g/mol. The lowest BCUT2D eigenvalue weighted by Gasteiger charge is -2.07. The second-order valence-corrected chi connectivity index (χ2v) is 2.58. The molecule has 0 heterocycles. The molecule has 1 rings (SSSR count). The van der Waals surface area contributed by atoms with Crippen molar-refractivity contribution in [2.45, 2.75) is 6.92 Å². The van der Waals surface area contributed by atoms with Crippen LogP contribution in [0.15, 0.2) is 18.2 Å². The van der Waals surface area contributed by atoms with Gasteiger partial charge in [0.1, 0.15) is 0 Å². The summed E-state index contributed by atoms with van der Waals surface area (Å²) in [6, 6.07) is 5.21. The molecule has 1 aromatic carbocycles. The van der Waals surface area contributed by atoms with E-state index in [0.717, 1.165) is 5.56 Å². The van der Waals surface area contributed by atoms with Gasteiger partial charge in [0.25, 0.3) is 0 Å². The number of carbonyl (C=O) groups is 1. The van der Waals surface area contributed by atoms with E-state index in [0.29, 0.717) is 11.5 Å². The highest BCUT2D eigenvalue weighted by Crippen LogP contribution is 2.27. The molecular weight excluding hydrogens is 170 g/mol. The third-order valence-electron chi connectivity index (χ3n) is 1.53. The first-order valence-corrected chi connectivity index (χ1v) is 3.75. The summed E-state index contributed by atoms with van der Waals surface area (Å²) in [7, 11) is 1.50. The Morgan fingerprint density at radius 3 is 2.62 bits per heavy atom. The summed E-state index contributed by atoms with van der Waals surface area (Å²) in [6.07, 6.45) is -0.845. The van der Waals surface area contributed by atoms with Gasteiger partial charge in [0.05, 0.1) is 7.11 Å². The smallest absolute Gasteiger partial charge is 0.410 e. The number of benzene rings is 1. The topological polar surface area (TPSA) is 61.6 Å². The zero-order valence-electron chi connectivity index (χ0n) is 7.53. The summed E-state index contributed by atoms with van der Waals surface area (Å²) in [6.45, 7) is 1.91. The molecular formula is C9H11NO3. The van der Waals surface area contributed by atoms with Crippen LogP contribution < -0.4 is 15.2 Å². The Morgan fingerprint density at radius 2 is 2.08 bits per heavy atom. The minimum absolute atomic E-state index is 0.334. The van der Waals surface area contributed by atoms with Gasteiger partial charge in [-0.15, -0.1) is 0 Å². The van der Waals surface area contributed by atoms with Crippen LogP contribution in [0.2, 0.25) is 0 Å². The van der Waals surface area contributed by atoms with E-state index in [-0.39, 0.29) is 0 Å². The van der Waals surface area contributed by atoms with Crippen LogP contribution in [0.4, 0.5) is 4.79 Å². The molecule has 0 spiro atoms. The lowest BCUT2D eigenvalue weighted by atomic mass is 10.2. The van der Waals surface area contributed by atoms with Crippen molar-refractivity contribution in [3.63, 3.8) is 0 Å². The van der Waals surface area contributed by atoms with Crippen LogP contribution in [-0.2, 0) is 0 Å². The summed E-state index contributed by atoms with van der Waals surface area (Å²) in [4.78, 5) is 10.5. The Bertz CT molecular complexity index is 323. The molecule has 0 aliphatic rings. The number of hydrogen-bond acceptors (Lipinski definition) is 3. The summed E-state index contributed by atoms with van der Waals surface area (Å²) >= 11 is 0. The third kappa shape index (κ3) is 2.37. The molecule has 70 valence electrons. The molecule has 2 N–H and O–H groups in total. The van der Waals surface area contributed by atoms with E-state index < -0.39 is 6.09 Å². The maximum Gasteiger partial charge on any atom is 0.410 e. The lowest BCUT2D eigenvalue weighted by molar-refractivity contribution is 0.208. The Balaban J connectivity index is 2.99. The van der Waals surface area contributed by atoms with E-state index in [1.54, 1.807) is 18.2 Å². The van der Waals surface area contributed by atoms with Crippen LogP contribution in [0.5, 0.6) is 11.5 Å². The van der Waals surface area contributed by atoms with Crippen molar-refractivity contribution in [3.8, 4) is 11.5 Å². The molecule has 0 unspecified atom stereocenters. The Hall–Kier alpha value is -1.71. The summed E-state index contributed by atoms with van der Waals surface area (Å²) < 4.78 is 9.70. The molecule has 0 saturated carbocycles. The SMILES string of the molecule is COc1cc(C)ccc1OC(N)=O. The summed E-state index contributed by atoms with van der Waals surface area (Å²) in [5.74, 6) is 0.833. The number of hydrogen-bond donors (Lipinski definition) is 1. The zero-order valence-corrected chi connectivity index (χ0v) is 7.53. The molecule has 0 saturated heterocycles. The Labute approximate surface area is 76.3 Å². The number of nitrogens with two attached hydrogens (primary N) is 1. The first-order chi connectivity index (χ1) is 6.13. The van der Waals surface area contributed by atoms with Gasteiger partial charge in [0.2, 0.25) is 0 Å². The number of methoxy groups -OCH3 is 1. The van der Waals surface area contributed by atoms with E-state index in [4.69, 9.17) is 15.2 Å². The maximum absolute atomic E-state index is 10.5. The summed E-state index contributed by atoms with van der Waals surface area (Å²) in [5.41, 5.74) is 5.89. The van der Waals surface area contributed by atoms with E-state index >= 15 is 0 Å². The number of rotatable bonds is 2. The molecule has 13 heavy (non-hydrogen) atoms. The predicted octanol–water partition coefficient (Wildman–Crippen LogP) is 1.46. The van der Waals surface area contributed by atoms with Crippen molar-refractivity contribution in [1.82, 2.24) is 0 Å². The van der Waals surface area contributed by atoms with Crippen molar-refractivity contribution in [2.24, 2.45) is 5.73 Å². The van der Waals surface area contributed by atoms with Crippen molar-refractivity contribution < 1.29 is 14.3 Å². The van der Waals surface area contributed by atoms with Crippen LogP contribution in [0.25, 0.3) is 0 Å². The first-order valence-electron chi connectivity index (χ1n) is 3.75. The fourth-order valence-corrected chi connectivity index (χ4v) is 0.967. The standard InChI is InChI=1S/C9H11NO3/c1-6-3-4-7(13-9(10)11)8(5-6)12-2/h3-5H,1-2H3,(H2,10,11). The molecule has 0 atom stereocenters. The van der Waals surface area contributed by atoms with Gasteiger partial charge in [0.15, 0.2) is 11.5 Å². The highest BCUT2D eigenvalue weighted by atomic mass is 16.6. The molecule has 4 nitrogen and oxygen atoms in total. The van der Waals surface area contributed by atoms with Crippen LogP contribution >= 0.6 is 0 Å². The molecule has 0 aliphatic carbocycles. The Morgan fingerprint density at radius 1 is 1.38 bits per heavy atom. The first kappa shape index (κ1) is 9.38. The van der Waals surface area contributed by atoms with Crippen molar-refractivity contribution in [2.75, 3.05) is 7.11 Å². The van der Waals surface area contributed by atoms with Crippen LogP contribution in [0, 0.1) is 6.92 Å². The van der Waals surface area contributed by atoms with Crippen LogP contribution in [0.1, 0.15) is 5.56 Å². The second-order valence-electron chi connectivity index (χ2n) is 2.58. The largest absolute Gasteiger partial charge is 0.493 e. The number of ether oxygens (including phenoxy) is 2. The van der Waals surface area contributed by atoms with Crippen molar-refractivity contribution in [1.29, 1.82) is 0 Å². The molecule has 0 bridgehead atoms. The number of aryl methyl sites for hydroxylation is 1. The zero-order chi connectivity index (χ0) is 9.84. The molecule has 4 heteroatoms. The van der Waals surface area contributed by atoms with Gasteiger partial charge in [-0.3, -0.25) is 0 Å². The van der Waals surface area contributed by atoms with Gasteiger partial charge in [0, 0.05) is 0 Å². The number of primary amides is 1. The molecule has 1 aromatic rings. The van der Waals surface area contributed by atoms with Gasteiger partial charge >= 0.3 is 6.09 Å². The number of amides is 1. The third-order valence-corrected chi connectivity index (χ3v) is 1.53. The van der Waals surface area contributed by atoms with Gasteiger partial charge in [-0.25, -0.2) is 4.79 Å². The fourth-order valence-electron chi connectivity index (χ4n) is 0.967. The molecule has 0 radical (unpaired) electrons. The number of carbonyl (C=O) groups excluding carboxylic acids is 1.